The van der Waals surface area contributed by atoms with Crippen LogP contribution in [0, 0.1) is 0 Å². The molecule has 2 rings (SSSR count). The SMILES string of the molecule is CCNc1cccc(COc2cccc(S(C)(=O)=O)c2)n1. The van der Waals surface area contributed by atoms with Gasteiger partial charge in [0.05, 0.1) is 10.6 Å². The zero-order valence-corrected chi connectivity index (χ0v) is 12.9. The molecule has 0 aliphatic rings. The fraction of sp³-hybridized carbons (Fsp3) is 0.267. The van der Waals surface area contributed by atoms with Crippen LogP contribution in [-0.4, -0.2) is 26.2 Å². The van der Waals surface area contributed by atoms with Gasteiger partial charge < -0.3 is 10.1 Å². The Bertz CT molecular complexity index is 714. The number of hydrogen-bond donors (Lipinski definition) is 1. The summed E-state index contributed by atoms with van der Waals surface area (Å²) in [5.74, 6) is 1.30. The molecule has 0 saturated carbocycles. The average molecular weight is 306 g/mol. The summed E-state index contributed by atoms with van der Waals surface area (Å²) in [5.41, 5.74) is 0.776. The van der Waals surface area contributed by atoms with Gasteiger partial charge in [-0.15, -0.1) is 0 Å². The van der Waals surface area contributed by atoms with Gasteiger partial charge in [0.15, 0.2) is 9.84 Å². The third-order valence-electron chi connectivity index (χ3n) is 2.79. The second-order valence-electron chi connectivity index (χ2n) is 4.58. The van der Waals surface area contributed by atoms with E-state index < -0.39 is 9.84 Å². The normalized spacial score (nSPS) is 11.1. The molecule has 0 aliphatic heterocycles. The summed E-state index contributed by atoms with van der Waals surface area (Å²) in [6.45, 7) is 3.09. The average Bonchev–Trinajstić information content (AvgIpc) is 2.45. The lowest BCUT2D eigenvalue weighted by Gasteiger charge is -2.08. The van der Waals surface area contributed by atoms with Crippen LogP contribution in [0.1, 0.15) is 12.6 Å². The largest absolute Gasteiger partial charge is 0.487 e. The van der Waals surface area contributed by atoms with E-state index in [4.69, 9.17) is 4.74 Å². The summed E-state index contributed by atoms with van der Waals surface area (Å²) in [6.07, 6.45) is 1.17. The Morgan fingerprint density at radius 1 is 1.19 bits per heavy atom. The number of sulfone groups is 1. The Balaban J connectivity index is 2.08. The van der Waals surface area contributed by atoms with Crippen molar-refractivity contribution in [1.82, 2.24) is 4.98 Å². The van der Waals surface area contributed by atoms with E-state index in [1.165, 1.54) is 12.3 Å². The highest BCUT2D eigenvalue weighted by molar-refractivity contribution is 7.90. The highest BCUT2D eigenvalue weighted by Crippen LogP contribution is 2.18. The molecule has 1 aromatic carbocycles. The fourth-order valence-corrected chi connectivity index (χ4v) is 2.45. The van der Waals surface area contributed by atoms with Gasteiger partial charge in [-0.1, -0.05) is 12.1 Å². The molecule has 21 heavy (non-hydrogen) atoms. The van der Waals surface area contributed by atoms with Gasteiger partial charge in [0.2, 0.25) is 0 Å². The molecule has 0 bridgehead atoms. The Kier molecular flexibility index (Phi) is 4.80. The van der Waals surface area contributed by atoms with Crippen LogP contribution in [0.25, 0.3) is 0 Å². The molecule has 0 aliphatic carbocycles. The summed E-state index contributed by atoms with van der Waals surface area (Å²) in [5, 5.41) is 3.13. The highest BCUT2D eigenvalue weighted by atomic mass is 32.2. The summed E-state index contributed by atoms with van der Waals surface area (Å²) in [4.78, 5) is 4.64. The lowest BCUT2D eigenvalue weighted by Crippen LogP contribution is -2.04. The van der Waals surface area contributed by atoms with Gasteiger partial charge in [-0.3, -0.25) is 0 Å². The van der Waals surface area contributed by atoms with Crippen LogP contribution in [0.4, 0.5) is 5.82 Å². The Morgan fingerprint density at radius 2 is 1.95 bits per heavy atom. The molecule has 1 N–H and O–H groups in total. The second kappa shape index (κ2) is 6.58. The first-order chi connectivity index (χ1) is 9.99. The van der Waals surface area contributed by atoms with E-state index in [-0.39, 0.29) is 11.5 Å². The van der Waals surface area contributed by atoms with Gasteiger partial charge in [0, 0.05) is 12.8 Å². The van der Waals surface area contributed by atoms with Crippen molar-refractivity contribution in [3.8, 4) is 5.75 Å². The van der Waals surface area contributed by atoms with Gasteiger partial charge in [0.1, 0.15) is 18.2 Å². The monoisotopic (exact) mass is 306 g/mol. The molecule has 0 saturated heterocycles. The molecule has 5 nitrogen and oxygen atoms in total. The van der Waals surface area contributed by atoms with Crippen molar-refractivity contribution in [2.75, 3.05) is 18.1 Å². The topological polar surface area (TPSA) is 68.3 Å². The van der Waals surface area contributed by atoms with Crippen molar-refractivity contribution in [3.63, 3.8) is 0 Å². The molecule has 0 amide bonds. The lowest BCUT2D eigenvalue weighted by molar-refractivity contribution is 0.300. The van der Waals surface area contributed by atoms with Crippen LogP contribution >= 0.6 is 0 Å². The number of rotatable bonds is 6. The number of nitrogens with zero attached hydrogens (tertiary/aromatic N) is 1. The maximum absolute atomic E-state index is 11.5. The van der Waals surface area contributed by atoms with E-state index in [1.807, 2.05) is 25.1 Å². The highest BCUT2D eigenvalue weighted by Gasteiger charge is 2.08. The molecule has 0 fully saturated rings. The fourth-order valence-electron chi connectivity index (χ4n) is 1.79. The minimum Gasteiger partial charge on any atom is -0.487 e. The van der Waals surface area contributed by atoms with Crippen molar-refractivity contribution in [2.24, 2.45) is 0 Å². The Hall–Kier alpha value is -2.08. The summed E-state index contributed by atoms with van der Waals surface area (Å²) < 4.78 is 28.6. The summed E-state index contributed by atoms with van der Waals surface area (Å²) in [6, 6.07) is 12.1. The van der Waals surface area contributed by atoms with Crippen LogP contribution in [-0.2, 0) is 16.4 Å². The lowest BCUT2D eigenvalue weighted by atomic mass is 10.3. The van der Waals surface area contributed by atoms with E-state index in [0.29, 0.717) is 5.75 Å². The first-order valence-electron chi connectivity index (χ1n) is 6.62. The third-order valence-corrected chi connectivity index (χ3v) is 3.90. The van der Waals surface area contributed by atoms with Crippen LogP contribution in [0.2, 0.25) is 0 Å². The number of hydrogen-bond acceptors (Lipinski definition) is 5. The number of anilines is 1. The molecular formula is C15H18N2O3S. The quantitative estimate of drug-likeness (QED) is 0.888. The van der Waals surface area contributed by atoms with Crippen molar-refractivity contribution < 1.29 is 13.2 Å². The van der Waals surface area contributed by atoms with E-state index in [1.54, 1.807) is 18.2 Å². The van der Waals surface area contributed by atoms with Crippen molar-refractivity contribution in [1.29, 1.82) is 0 Å². The molecular weight excluding hydrogens is 288 g/mol. The van der Waals surface area contributed by atoms with E-state index in [0.717, 1.165) is 18.1 Å². The Labute approximate surface area is 124 Å². The predicted octanol–water partition coefficient (Wildman–Crippen LogP) is 2.50. The smallest absolute Gasteiger partial charge is 0.175 e. The molecule has 6 heteroatoms. The predicted molar refractivity (Wildman–Crippen MR) is 82.3 cm³/mol. The standard InChI is InChI=1S/C15H18N2O3S/c1-3-16-15-9-4-6-12(17-15)11-20-13-7-5-8-14(10-13)21(2,18)19/h4-10H,3,11H2,1-2H3,(H,16,17). The minimum absolute atomic E-state index is 0.245. The zero-order valence-electron chi connectivity index (χ0n) is 12.0. The molecule has 1 heterocycles. The zero-order chi connectivity index (χ0) is 15.3. The number of pyridine rings is 1. The molecule has 0 atom stereocenters. The molecule has 2 aromatic rings. The van der Waals surface area contributed by atoms with Crippen molar-refractivity contribution in [2.45, 2.75) is 18.4 Å². The molecule has 112 valence electrons. The van der Waals surface area contributed by atoms with Crippen LogP contribution in [0.15, 0.2) is 47.4 Å². The number of ether oxygens (including phenoxy) is 1. The van der Waals surface area contributed by atoms with E-state index in [9.17, 15) is 8.42 Å². The first kappa shape index (κ1) is 15.3. The van der Waals surface area contributed by atoms with E-state index in [2.05, 4.69) is 10.3 Å². The van der Waals surface area contributed by atoms with E-state index >= 15 is 0 Å². The maximum Gasteiger partial charge on any atom is 0.175 e. The summed E-state index contributed by atoms with van der Waals surface area (Å²) in [7, 11) is -3.23. The van der Waals surface area contributed by atoms with Gasteiger partial charge >= 0.3 is 0 Å². The van der Waals surface area contributed by atoms with Crippen LogP contribution in [0.5, 0.6) is 5.75 Å². The number of benzene rings is 1. The van der Waals surface area contributed by atoms with Crippen LogP contribution < -0.4 is 10.1 Å². The first-order valence-corrected chi connectivity index (χ1v) is 8.51. The number of aromatic nitrogens is 1. The second-order valence-corrected chi connectivity index (χ2v) is 6.60. The molecule has 0 radical (unpaired) electrons. The molecule has 0 unspecified atom stereocenters. The number of nitrogens with one attached hydrogen (secondary N) is 1. The molecule has 0 spiro atoms. The van der Waals surface area contributed by atoms with Gasteiger partial charge in [-0.2, -0.15) is 0 Å². The third kappa shape index (κ3) is 4.46. The van der Waals surface area contributed by atoms with Gasteiger partial charge in [-0.25, -0.2) is 13.4 Å². The summed E-state index contributed by atoms with van der Waals surface area (Å²) >= 11 is 0. The minimum atomic E-state index is -3.23. The van der Waals surface area contributed by atoms with Gasteiger partial charge in [0.25, 0.3) is 0 Å². The van der Waals surface area contributed by atoms with Gasteiger partial charge in [-0.05, 0) is 37.3 Å². The maximum atomic E-state index is 11.5. The van der Waals surface area contributed by atoms with Crippen molar-refractivity contribution >= 4 is 15.7 Å². The molecule has 1 aromatic heterocycles. The Morgan fingerprint density at radius 3 is 2.67 bits per heavy atom. The van der Waals surface area contributed by atoms with Crippen molar-refractivity contribution in [3.05, 3.63) is 48.2 Å². The van der Waals surface area contributed by atoms with Crippen LogP contribution in [0.3, 0.4) is 0 Å².